The number of nitrogen functional groups attached to an aromatic ring is 2. The number of hydrogen-bond acceptors (Lipinski definition) is 16. The molecule has 0 aliphatic carbocycles. The molecule has 3 aliphatic rings. The second kappa shape index (κ2) is 10.9. The van der Waals surface area contributed by atoms with Crippen LogP contribution in [0.3, 0.4) is 0 Å². The zero-order valence-electron chi connectivity index (χ0n) is 21.9. The molecule has 236 valence electrons. The van der Waals surface area contributed by atoms with Crippen molar-refractivity contribution in [3.8, 4) is 0 Å². The van der Waals surface area contributed by atoms with Gasteiger partial charge in [-0.1, -0.05) is 0 Å². The minimum absolute atomic E-state index is 0.0272. The van der Waals surface area contributed by atoms with E-state index in [2.05, 4.69) is 29.9 Å². The number of alkyl halides is 2. The number of rotatable bonds is 2. The first-order chi connectivity index (χ1) is 20.9. The summed E-state index contributed by atoms with van der Waals surface area (Å²) in [7, 11) is -5.07. The summed E-state index contributed by atoms with van der Waals surface area (Å²) >= 11 is 5.12. The Balaban J connectivity index is 1.17. The van der Waals surface area contributed by atoms with Crippen molar-refractivity contribution in [3.05, 3.63) is 25.3 Å². The molecule has 44 heavy (non-hydrogen) atoms. The molecule has 3 saturated heterocycles. The molecule has 19 nitrogen and oxygen atoms in total. The Bertz CT molecular complexity index is 1710. The molecular formula is C20H22F2N10O9P2S. The van der Waals surface area contributed by atoms with Crippen LogP contribution in [0, 0.1) is 0 Å². The molecule has 6 N–H and O–H groups in total. The third-order valence-electron chi connectivity index (χ3n) is 7.17. The van der Waals surface area contributed by atoms with Gasteiger partial charge in [0.15, 0.2) is 47.7 Å². The summed E-state index contributed by atoms with van der Waals surface area (Å²) in [6, 6.07) is 0. The number of phosphoric acid groups is 1. The van der Waals surface area contributed by atoms with Crippen molar-refractivity contribution in [1.29, 1.82) is 0 Å². The van der Waals surface area contributed by atoms with Crippen molar-refractivity contribution >= 4 is 60.3 Å². The lowest BCUT2D eigenvalue weighted by molar-refractivity contribution is -0.0623. The molecule has 10 atom stereocenters. The molecule has 0 bridgehead atoms. The van der Waals surface area contributed by atoms with E-state index >= 15 is 8.78 Å². The van der Waals surface area contributed by atoms with Crippen LogP contribution < -0.4 is 11.5 Å². The van der Waals surface area contributed by atoms with E-state index < -0.39 is 77.0 Å². The van der Waals surface area contributed by atoms with E-state index in [0.717, 1.165) is 12.7 Å². The van der Waals surface area contributed by atoms with Gasteiger partial charge in [0.2, 0.25) is 0 Å². The number of anilines is 2. The maximum Gasteiger partial charge on any atom is 0.472 e. The van der Waals surface area contributed by atoms with Gasteiger partial charge in [0.25, 0.3) is 0 Å². The molecule has 0 spiro atoms. The van der Waals surface area contributed by atoms with Gasteiger partial charge in [0, 0.05) is 0 Å². The number of fused-ring (bicyclic) bond motifs is 4. The topological polar surface area (TPSA) is 252 Å². The summed E-state index contributed by atoms with van der Waals surface area (Å²) in [6.45, 7) is -5.79. The highest BCUT2D eigenvalue weighted by Gasteiger charge is 2.54. The summed E-state index contributed by atoms with van der Waals surface area (Å²) in [5.41, 5.74) is 12.2. The van der Waals surface area contributed by atoms with Gasteiger partial charge >= 0.3 is 14.5 Å². The average Bonchev–Trinajstić information content (AvgIpc) is 3.73. The highest BCUT2D eigenvalue weighted by molar-refractivity contribution is 8.07. The molecular weight excluding hydrogens is 656 g/mol. The lowest BCUT2D eigenvalue weighted by Crippen LogP contribution is -2.37. The van der Waals surface area contributed by atoms with E-state index in [0.29, 0.717) is 0 Å². The van der Waals surface area contributed by atoms with Crippen molar-refractivity contribution < 1.29 is 50.7 Å². The molecule has 0 saturated carbocycles. The summed E-state index contributed by atoms with van der Waals surface area (Å²) in [5, 5.41) is 0. The van der Waals surface area contributed by atoms with Crippen molar-refractivity contribution in [1.82, 2.24) is 39.0 Å². The first-order valence-electron chi connectivity index (χ1n) is 12.7. The number of ether oxygens (including phenoxy) is 2. The lowest BCUT2D eigenvalue weighted by atomic mass is 10.1. The van der Waals surface area contributed by atoms with Crippen LogP contribution in [0.25, 0.3) is 22.3 Å². The predicted octanol–water partition coefficient (Wildman–Crippen LogP) is 0.436. The third-order valence-corrected chi connectivity index (χ3v) is 9.71. The molecule has 3 fully saturated rings. The van der Waals surface area contributed by atoms with Gasteiger partial charge in [-0.15, -0.1) is 0 Å². The van der Waals surface area contributed by atoms with E-state index in [1.165, 1.54) is 21.8 Å². The minimum atomic E-state index is -5.07. The normalized spacial score (nSPS) is 38.3. The highest BCUT2D eigenvalue weighted by Crippen LogP contribution is 2.54. The Kier molecular flexibility index (Phi) is 7.37. The minimum Gasteiger partial charge on any atom is -0.382 e. The Labute approximate surface area is 249 Å². The molecule has 0 amide bonds. The van der Waals surface area contributed by atoms with E-state index in [-0.39, 0.29) is 34.0 Å². The van der Waals surface area contributed by atoms with E-state index in [1.54, 1.807) is 0 Å². The first kappa shape index (κ1) is 29.8. The van der Waals surface area contributed by atoms with Crippen LogP contribution in [-0.2, 0) is 43.9 Å². The van der Waals surface area contributed by atoms with Crippen molar-refractivity contribution in [3.63, 3.8) is 0 Å². The quantitative estimate of drug-likeness (QED) is 0.210. The van der Waals surface area contributed by atoms with Gasteiger partial charge in [0.05, 0.1) is 25.9 Å². The van der Waals surface area contributed by atoms with Crippen LogP contribution in [0.5, 0.6) is 0 Å². The molecule has 3 unspecified atom stereocenters. The van der Waals surface area contributed by atoms with Crippen molar-refractivity contribution in [2.24, 2.45) is 0 Å². The summed E-state index contributed by atoms with van der Waals surface area (Å²) in [4.78, 5) is 45.3. The molecule has 0 aromatic carbocycles. The molecule has 3 aliphatic heterocycles. The fourth-order valence-electron chi connectivity index (χ4n) is 5.17. The third kappa shape index (κ3) is 5.14. The first-order valence-corrected chi connectivity index (χ1v) is 16.8. The number of aromatic nitrogens is 8. The Hall–Kier alpha value is -2.88. The number of imidazole rings is 2. The van der Waals surface area contributed by atoms with Crippen LogP contribution in [-0.4, -0.2) is 98.8 Å². The van der Waals surface area contributed by atoms with Gasteiger partial charge in [-0.2, -0.15) is 0 Å². The Morgan fingerprint density at radius 2 is 1.27 bits per heavy atom. The van der Waals surface area contributed by atoms with Crippen molar-refractivity contribution in [2.45, 2.75) is 49.2 Å². The van der Waals surface area contributed by atoms with Crippen LogP contribution in [0.15, 0.2) is 25.3 Å². The van der Waals surface area contributed by atoms with Crippen LogP contribution in [0.1, 0.15) is 12.5 Å². The Morgan fingerprint density at radius 3 is 1.80 bits per heavy atom. The second-order valence-corrected chi connectivity index (χ2v) is 14.1. The van der Waals surface area contributed by atoms with Gasteiger partial charge in [-0.05, 0) is 11.8 Å². The van der Waals surface area contributed by atoms with Gasteiger partial charge < -0.3 is 35.3 Å². The van der Waals surface area contributed by atoms with E-state index in [4.69, 9.17) is 50.8 Å². The smallest absolute Gasteiger partial charge is 0.382 e. The highest BCUT2D eigenvalue weighted by atomic mass is 32.5. The summed E-state index contributed by atoms with van der Waals surface area (Å²) in [5.74, 6) is 0.0602. The SMILES string of the molecule is Nc1ncnc2c1ncn2[C@@H]1O[C@@H]2COP(=O)(O)O[C@@H]3C(COP(O)(=S)O[C@H]2[C@H]1F)O[C@@H](n1cnc2c(N)ncnc21)[C@@H]3F. The standard InChI is InChI=1S/C20H22F2N10O9P2S/c21-9-13-8(39-19(9)31-5-29-11-15(23)25-3-27-17(11)31)2-37-43(35,44)41-14-7(1-36-42(33,34)40-13)38-20(10(14)22)32-6-30-12-16(24)26-4-28-18(12)32/h3-10,13-14,19-20H,1-2H2,(H,33,34)(H,35,44)(H2,23,25,27)(H2,24,26,28)/t7-,8?,9-,10-,13-,14-,19-,20-,43?/m1/s1. The zero-order valence-corrected chi connectivity index (χ0v) is 24.5. The van der Waals surface area contributed by atoms with E-state index in [1.807, 2.05) is 0 Å². The number of phosphoric ester groups is 1. The number of hydrogen-bond donors (Lipinski definition) is 4. The van der Waals surface area contributed by atoms with Crippen molar-refractivity contribution in [2.75, 3.05) is 24.7 Å². The molecule has 4 aromatic rings. The molecule has 24 heteroatoms. The van der Waals surface area contributed by atoms with Gasteiger partial charge in [0.1, 0.15) is 48.1 Å². The predicted molar refractivity (Wildman–Crippen MR) is 145 cm³/mol. The summed E-state index contributed by atoms with van der Waals surface area (Å²) < 4.78 is 80.0. The largest absolute Gasteiger partial charge is 0.472 e. The van der Waals surface area contributed by atoms with Crippen LogP contribution >= 0.6 is 14.5 Å². The number of nitrogens with two attached hydrogens (primary N) is 2. The molecule has 7 rings (SSSR count). The Morgan fingerprint density at radius 1 is 0.795 bits per heavy atom. The lowest BCUT2D eigenvalue weighted by Gasteiger charge is -2.28. The van der Waals surface area contributed by atoms with Gasteiger partial charge in [-0.3, -0.25) is 22.7 Å². The molecule has 4 aromatic heterocycles. The number of nitrogens with zero attached hydrogens (tertiary/aromatic N) is 8. The van der Waals surface area contributed by atoms with E-state index in [9.17, 15) is 14.4 Å². The molecule has 7 heterocycles. The summed E-state index contributed by atoms with van der Waals surface area (Å²) in [6.07, 6.45) is -8.84. The van der Waals surface area contributed by atoms with Gasteiger partial charge in [-0.25, -0.2) is 43.2 Å². The average molecular weight is 678 g/mol. The zero-order chi connectivity index (χ0) is 31.0. The van der Waals surface area contributed by atoms with Crippen LogP contribution in [0.2, 0.25) is 0 Å². The molecule has 0 radical (unpaired) electrons. The fraction of sp³-hybridized carbons (Fsp3) is 0.500. The monoisotopic (exact) mass is 678 g/mol. The second-order valence-electron chi connectivity index (χ2n) is 9.85. The number of halogens is 2. The fourth-order valence-corrected chi connectivity index (χ4v) is 7.56. The maximum absolute atomic E-state index is 15.9. The maximum atomic E-state index is 15.9. The van der Waals surface area contributed by atoms with Crippen LogP contribution in [0.4, 0.5) is 20.4 Å².